The van der Waals surface area contributed by atoms with Crippen LogP contribution in [-0.2, 0) is 0 Å². The molecule has 0 aliphatic carbocycles. The van der Waals surface area contributed by atoms with Crippen LogP contribution in [0.2, 0.25) is 0 Å². The number of hydrogen-bond donors (Lipinski definition) is 3. The van der Waals surface area contributed by atoms with Crippen molar-refractivity contribution in [1.29, 1.82) is 0 Å². The van der Waals surface area contributed by atoms with Gasteiger partial charge in [-0.05, 0) is 30.3 Å². The highest BCUT2D eigenvalue weighted by atomic mass is 16.5. The van der Waals surface area contributed by atoms with Crippen molar-refractivity contribution in [3.63, 3.8) is 0 Å². The second-order valence-electron chi connectivity index (χ2n) is 5.11. The third-order valence-electron chi connectivity index (χ3n) is 3.56. The molecule has 0 spiro atoms. The van der Waals surface area contributed by atoms with E-state index in [9.17, 15) is 9.90 Å². The van der Waals surface area contributed by atoms with Gasteiger partial charge in [-0.25, -0.2) is 10.4 Å². The number of ether oxygens (including phenoxy) is 2. The van der Waals surface area contributed by atoms with Crippen molar-refractivity contribution in [2.24, 2.45) is 5.10 Å². The Morgan fingerprint density at radius 2 is 1.96 bits per heavy atom. The molecular formula is C17H16N4O4. The first kappa shape index (κ1) is 16.3. The molecule has 128 valence electrons. The van der Waals surface area contributed by atoms with Crippen LogP contribution in [0.1, 0.15) is 15.9 Å². The zero-order valence-corrected chi connectivity index (χ0v) is 13.6. The number of phenols is 1. The smallest absolute Gasteiger partial charge is 0.271 e. The van der Waals surface area contributed by atoms with E-state index in [0.717, 1.165) is 11.0 Å². The van der Waals surface area contributed by atoms with Gasteiger partial charge in [-0.15, -0.1) is 0 Å². The second-order valence-corrected chi connectivity index (χ2v) is 5.11. The number of fused-ring (bicyclic) bond motifs is 1. The number of hydrazone groups is 1. The third kappa shape index (κ3) is 3.37. The number of benzene rings is 2. The summed E-state index contributed by atoms with van der Waals surface area (Å²) in [6.45, 7) is 0. The van der Waals surface area contributed by atoms with Crippen molar-refractivity contribution in [2.75, 3.05) is 14.2 Å². The van der Waals surface area contributed by atoms with E-state index < -0.39 is 0 Å². The van der Waals surface area contributed by atoms with Gasteiger partial charge in [0.2, 0.25) is 5.75 Å². The molecule has 0 saturated carbocycles. The van der Waals surface area contributed by atoms with Crippen molar-refractivity contribution in [1.82, 2.24) is 15.4 Å². The number of hydrogen-bond acceptors (Lipinski definition) is 6. The fourth-order valence-electron chi connectivity index (χ4n) is 2.30. The van der Waals surface area contributed by atoms with E-state index in [0.29, 0.717) is 11.1 Å². The number of H-pyrrole nitrogens is 1. The number of nitrogens with one attached hydrogen (secondary N) is 2. The molecule has 1 aromatic heterocycles. The molecule has 3 N–H and O–H groups in total. The number of nitrogens with zero attached hydrogens (tertiary/aromatic N) is 2. The summed E-state index contributed by atoms with van der Waals surface area (Å²) in [7, 11) is 2.87. The van der Waals surface area contributed by atoms with Gasteiger partial charge in [0.05, 0.1) is 37.8 Å². The summed E-state index contributed by atoms with van der Waals surface area (Å²) in [5.41, 5.74) is 5.04. The van der Waals surface area contributed by atoms with Gasteiger partial charge < -0.3 is 19.6 Å². The van der Waals surface area contributed by atoms with Crippen LogP contribution in [-0.4, -0.2) is 41.4 Å². The Morgan fingerprint density at radius 1 is 1.24 bits per heavy atom. The molecule has 1 amide bonds. The molecule has 0 radical (unpaired) electrons. The normalized spacial score (nSPS) is 11.0. The molecule has 3 aromatic rings. The molecule has 1 heterocycles. The number of carbonyl (C=O) groups is 1. The quantitative estimate of drug-likeness (QED) is 0.486. The van der Waals surface area contributed by atoms with Gasteiger partial charge in [0, 0.05) is 11.1 Å². The molecule has 25 heavy (non-hydrogen) atoms. The summed E-state index contributed by atoms with van der Waals surface area (Å²) in [5, 5.41) is 13.8. The SMILES string of the molecule is COc1cc(/C=N\NC(=O)c2ccc3nc[nH]c3c2)cc(OC)c1O. The fraction of sp³-hybridized carbons (Fsp3) is 0.118. The lowest BCUT2D eigenvalue weighted by molar-refractivity contribution is 0.0955. The predicted octanol–water partition coefficient (Wildman–Crippen LogP) is 2.05. The number of methoxy groups -OCH3 is 2. The van der Waals surface area contributed by atoms with E-state index in [1.54, 1.807) is 36.7 Å². The van der Waals surface area contributed by atoms with Gasteiger partial charge >= 0.3 is 0 Å². The highest BCUT2D eigenvalue weighted by Crippen LogP contribution is 2.36. The number of aromatic hydroxyl groups is 1. The molecule has 0 atom stereocenters. The topological polar surface area (TPSA) is 109 Å². The van der Waals surface area contributed by atoms with E-state index in [2.05, 4.69) is 20.5 Å². The Bertz CT molecular complexity index is 924. The summed E-state index contributed by atoms with van der Waals surface area (Å²) >= 11 is 0. The number of amides is 1. The lowest BCUT2D eigenvalue weighted by Gasteiger charge is -2.09. The zero-order chi connectivity index (χ0) is 17.8. The number of phenolic OH excluding ortho intramolecular Hbond substituents is 1. The molecule has 0 bridgehead atoms. The standard InChI is InChI=1S/C17H16N4O4/c1-24-14-5-10(6-15(25-2)16(14)22)8-20-21-17(23)11-3-4-12-13(7-11)19-9-18-12/h3-9,22H,1-2H3,(H,18,19)(H,21,23)/b20-8-. The fourth-order valence-corrected chi connectivity index (χ4v) is 2.30. The molecule has 0 unspecified atom stereocenters. The van der Waals surface area contributed by atoms with Crippen molar-refractivity contribution in [3.8, 4) is 17.2 Å². The number of imidazole rings is 1. The minimum Gasteiger partial charge on any atom is -0.502 e. The minimum atomic E-state index is -0.356. The number of rotatable bonds is 5. The monoisotopic (exact) mass is 340 g/mol. The molecule has 8 heteroatoms. The number of aromatic amines is 1. The molecule has 0 aliphatic rings. The van der Waals surface area contributed by atoms with Crippen LogP contribution in [0.3, 0.4) is 0 Å². The van der Waals surface area contributed by atoms with Gasteiger partial charge in [-0.1, -0.05) is 0 Å². The molecule has 0 aliphatic heterocycles. The van der Waals surface area contributed by atoms with E-state index in [1.165, 1.54) is 20.4 Å². The first-order valence-electron chi connectivity index (χ1n) is 7.34. The molecule has 0 saturated heterocycles. The summed E-state index contributed by atoms with van der Waals surface area (Å²) in [5.74, 6) is 0.0400. The van der Waals surface area contributed by atoms with Gasteiger partial charge in [0.1, 0.15) is 0 Å². The van der Waals surface area contributed by atoms with Crippen LogP contribution >= 0.6 is 0 Å². The predicted molar refractivity (Wildman–Crippen MR) is 92.4 cm³/mol. The Labute approximate surface area is 143 Å². The van der Waals surface area contributed by atoms with E-state index in [4.69, 9.17) is 9.47 Å². The van der Waals surface area contributed by atoms with Crippen LogP contribution in [0.15, 0.2) is 41.8 Å². The van der Waals surface area contributed by atoms with Gasteiger partial charge in [0.25, 0.3) is 5.91 Å². The van der Waals surface area contributed by atoms with Crippen LogP contribution in [0.25, 0.3) is 11.0 Å². The van der Waals surface area contributed by atoms with Crippen molar-refractivity contribution >= 4 is 23.2 Å². The summed E-state index contributed by atoms with van der Waals surface area (Å²) in [6.07, 6.45) is 2.99. The first-order valence-corrected chi connectivity index (χ1v) is 7.34. The second kappa shape index (κ2) is 6.91. The van der Waals surface area contributed by atoms with E-state index in [-0.39, 0.29) is 23.2 Å². The van der Waals surface area contributed by atoms with Gasteiger partial charge in [-0.3, -0.25) is 4.79 Å². The van der Waals surface area contributed by atoms with E-state index in [1.807, 2.05) is 0 Å². The Morgan fingerprint density at radius 3 is 2.64 bits per heavy atom. The lowest BCUT2D eigenvalue weighted by atomic mass is 10.2. The highest BCUT2D eigenvalue weighted by Gasteiger charge is 2.10. The largest absolute Gasteiger partial charge is 0.502 e. The van der Waals surface area contributed by atoms with Gasteiger partial charge in [-0.2, -0.15) is 5.10 Å². The summed E-state index contributed by atoms with van der Waals surface area (Å²) < 4.78 is 10.1. The van der Waals surface area contributed by atoms with Crippen LogP contribution in [0.5, 0.6) is 17.2 Å². The average Bonchev–Trinajstić information content (AvgIpc) is 3.10. The highest BCUT2D eigenvalue weighted by molar-refractivity contribution is 5.97. The van der Waals surface area contributed by atoms with Crippen LogP contribution < -0.4 is 14.9 Å². The molecule has 0 fully saturated rings. The maximum atomic E-state index is 12.2. The number of carbonyl (C=O) groups excluding carboxylic acids is 1. The van der Waals surface area contributed by atoms with Gasteiger partial charge in [0.15, 0.2) is 11.5 Å². The van der Waals surface area contributed by atoms with Crippen molar-refractivity contribution in [3.05, 3.63) is 47.8 Å². The number of aromatic nitrogens is 2. The Balaban J connectivity index is 1.75. The minimum absolute atomic E-state index is 0.0981. The van der Waals surface area contributed by atoms with Crippen molar-refractivity contribution < 1.29 is 19.4 Å². The average molecular weight is 340 g/mol. The molecule has 3 rings (SSSR count). The lowest BCUT2D eigenvalue weighted by Crippen LogP contribution is -2.17. The van der Waals surface area contributed by atoms with E-state index >= 15 is 0 Å². The van der Waals surface area contributed by atoms with Crippen molar-refractivity contribution in [2.45, 2.75) is 0 Å². The molecule has 8 nitrogen and oxygen atoms in total. The third-order valence-corrected chi connectivity index (χ3v) is 3.56. The molecular weight excluding hydrogens is 324 g/mol. The Kier molecular flexibility index (Phi) is 4.51. The maximum Gasteiger partial charge on any atom is 0.271 e. The maximum absolute atomic E-state index is 12.2. The molecule has 2 aromatic carbocycles. The first-order chi connectivity index (χ1) is 12.1. The summed E-state index contributed by atoms with van der Waals surface area (Å²) in [4.78, 5) is 19.2. The van der Waals surface area contributed by atoms with Crippen LogP contribution in [0, 0.1) is 0 Å². The zero-order valence-electron chi connectivity index (χ0n) is 13.6. The Hall–Kier alpha value is -3.55. The van der Waals surface area contributed by atoms with Crippen LogP contribution in [0.4, 0.5) is 0 Å². The summed E-state index contributed by atoms with van der Waals surface area (Å²) in [6, 6.07) is 8.26.